The molecule has 0 spiro atoms. The normalized spacial score (nSPS) is 10.3. The van der Waals surface area contributed by atoms with Crippen LogP contribution >= 0.6 is 0 Å². The number of rotatable bonds is 5. The maximum absolute atomic E-state index is 12.4. The van der Waals surface area contributed by atoms with Gasteiger partial charge in [0.1, 0.15) is 5.69 Å². The number of hydrogen-bond acceptors (Lipinski definition) is 2. The Hall–Kier alpha value is -2.36. The van der Waals surface area contributed by atoms with Gasteiger partial charge in [-0.1, -0.05) is 30.3 Å². The summed E-state index contributed by atoms with van der Waals surface area (Å²) in [6.45, 7) is 4.59. The Morgan fingerprint density at radius 2 is 1.70 bits per heavy atom. The minimum atomic E-state index is -0.0937. The van der Waals surface area contributed by atoms with E-state index in [4.69, 9.17) is 0 Å². The molecule has 0 aliphatic rings. The first-order valence-electron chi connectivity index (χ1n) is 6.65. The fraction of sp³-hybridized carbons (Fsp3) is 0.250. The van der Waals surface area contributed by atoms with Crippen molar-refractivity contribution in [3.8, 4) is 0 Å². The molecule has 0 fully saturated rings. The number of aromatic nitrogens is 1. The molecule has 20 heavy (non-hydrogen) atoms. The predicted molar refractivity (Wildman–Crippen MR) is 77.7 cm³/mol. The molecule has 4 nitrogen and oxygen atoms in total. The fourth-order valence-corrected chi connectivity index (χ4v) is 2.03. The Balaban J connectivity index is 2.14. The molecular weight excluding hydrogens is 252 g/mol. The van der Waals surface area contributed by atoms with Crippen LogP contribution < -0.4 is 0 Å². The lowest BCUT2D eigenvalue weighted by atomic mass is 10.2. The van der Waals surface area contributed by atoms with Gasteiger partial charge in [0.25, 0.3) is 5.91 Å². The molecule has 0 aliphatic heterocycles. The predicted octanol–water partition coefficient (Wildman–Crippen LogP) is 2.88. The van der Waals surface area contributed by atoms with Crippen molar-refractivity contribution >= 4 is 11.7 Å². The van der Waals surface area contributed by atoms with E-state index in [0.717, 1.165) is 5.56 Å². The van der Waals surface area contributed by atoms with E-state index in [1.54, 1.807) is 17.0 Å². The Labute approximate surface area is 118 Å². The van der Waals surface area contributed by atoms with Crippen molar-refractivity contribution in [1.29, 1.82) is 0 Å². The van der Waals surface area contributed by atoms with Gasteiger partial charge >= 0.3 is 0 Å². The third-order valence-corrected chi connectivity index (χ3v) is 3.18. The lowest BCUT2D eigenvalue weighted by Crippen LogP contribution is -2.30. The van der Waals surface area contributed by atoms with Gasteiger partial charge in [-0.2, -0.15) is 0 Å². The van der Waals surface area contributed by atoms with E-state index >= 15 is 0 Å². The van der Waals surface area contributed by atoms with Gasteiger partial charge in [0, 0.05) is 20.0 Å². The smallest absolute Gasteiger partial charge is 0.270 e. The number of amides is 1. The van der Waals surface area contributed by atoms with Crippen LogP contribution in [0.2, 0.25) is 0 Å². The van der Waals surface area contributed by atoms with Gasteiger partial charge in [-0.3, -0.25) is 9.59 Å². The van der Waals surface area contributed by atoms with Crippen LogP contribution in [0.4, 0.5) is 0 Å². The van der Waals surface area contributed by atoms with E-state index in [1.165, 1.54) is 6.92 Å². The van der Waals surface area contributed by atoms with Gasteiger partial charge in [-0.25, -0.2) is 0 Å². The zero-order valence-electron chi connectivity index (χ0n) is 11.7. The largest absolute Gasteiger partial charge is 0.348 e. The number of carbonyl (C=O) groups is 2. The van der Waals surface area contributed by atoms with E-state index in [-0.39, 0.29) is 11.7 Å². The highest BCUT2D eigenvalue weighted by Gasteiger charge is 2.16. The van der Waals surface area contributed by atoms with E-state index in [0.29, 0.717) is 24.5 Å². The molecule has 0 radical (unpaired) electrons. The molecule has 0 atom stereocenters. The minimum absolute atomic E-state index is 0.0739. The highest BCUT2D eigenvalue weighted by atomic mass is 16.2. The molecule has 0 aliphatic carbocycles. The molecule has 0 saturated heterocycles. The summed E-state index contributed by atoms with van der Waals surface area (Å²) in [5.74, 6) is -0.168. The van der Waals surface area contributed by atoms with Crippen LogP contribution in [0.3, 0.4) is 0 Å². The van der Waals surface area contributed by atoms with Crippen molar-refractivity contribution < 1.29 is 9.59 Å². The summed E-state index contributed by atoms with van der Waals surface area (Å²) in [4.78, 5) is 28.3. The number of Topliss-reactive ketones (excluding diaryl/α,β-unsaturated/α-hetero) is 1. The number of aromatic amines is 1. The molecule has 2 rings (SSSR count). The second kappa shape index (κ2) is 6.19. The lowest BCUT2D eigenvalue weighted by molar-refractivity contribution is 0.0747. The van der Waals surface area contributed by atoms with Crippen molar-refractivity contribution in [1.82, 2.24) is 9.88 Å². The number of nitrogens with zero attached hydrogens (tertiary/aromatic N) is 1. The summed E-state index contributed by atoms with van der Waals surface area (Å²) in [5, 5.41) is 0. The second-order valence-corrected chi connectivity index (χ2v) is 4.65. The number of nitrogens with one attached hydrogen (secondary N) is 1. The Morgan fingerprint density at radius 3 is 2.25 bits per heavy atom. The highest BCUT2D eigenvalue weighted by Crippen LogP contribution is 2.10. The molecule has 0 saturated carbocycles. The first-order valence-corrected chi connectivity index (χ1v) is 6.65. The molecule has 2 aromatic rings. The van der Waals surface area contributed by atoms with Crippen LogP contribution in [0.15, 0.2) is 42.5 Å². The molecule has 0 bridgehead atoms. The van der Waals surface area contributed by atoms with Crippen LogP contribution in [-0.2, 0) is 6.54 Å². The molecular formula is C16H18N2O2. The minimum Gasteiger partial charge on any atom is -0.348 e. The number of ketones is 1. The number of benzene rings is 1. The molecule has 4 heteroatoms. The van der Waals surface area contributed by atoms with Crippen LogP contribution in [-0.4, -0.2) is 28.1 Å². The van der Waals surface area contributed by atoms with Gasteiger partial charge in [0.15, 0.2) is 5.78 Å². The number of hydrogen-bond donors (Lipinski definition) is 1. The quantitative estimate of drug-likeness (QED) is 0.849. The van der Waals surface area contributed by atoms with E-state index in [2.05, 4.69) is 4.98 Å². The van der Waals surface area contributed by atoms with Gasteiger partial charge in [-0.05, 0) is 24.6 Å². The second-order valence-electron chi connectivity index (χ2n) is 4.65. The Morgan fingerprint density at radius 1 is 1.05 bits per heavy atom. The maximum Gasteiger partial charge on any atom is 0.270 e. The molecule has 0 unspecified atom stereocenters. The first kappa shape index (κ1) is 14.1. The molecule has 1 aromatic heterocycles. The van der Waals surface area contributed by atoms with Crippen molar-refractivity contribution in [3.63, 3.8) is 0 Å². The SMILES string of the molecule is CCN(Cc1ccccc1)C(=O)c1ccc(C(C)=O)[nH]1. The number of carbonyl (C=O) groups excluding carboxylic acids is 2. The van der Waals surface area contributed by atoms with Crippen LogP contribution in [0.25, 0.3) is 0 Å². The molecule has 1 N–H and O–H groups in total. The zero-order chi connectivity index (χ0) is 14.5. The molecule has 104 valence electrons. The fourth-order valence-electron chi connectivity index (χ4n) is 2.03. The average Bonchev–Trinajstić information content (AvgIpc) is 2.95. The molecule has 1 heterocycles. The summed E-state index contributed by atoms with van der Waals surface area (Å²) in [6.07, 6.45) is 0. The topological polar surface area (TPSA) is 53.2 Å². The van der Waals surface area contributed by atoms with Crippen molar-refractivity contribution in [2.24, 2.45) is 0 Å². The van der Waals surface area contributed by atoms with E-state index < -0.39 is 0 Å². The van der Waals surface area contributed by atoms with Gasteiger partial charge < -0.3 is 9.88 Å². The first-order chi connectivity index (χ1) is 9.61. The standard InChI is InChI=1S/C16H18N2O2/c1-3-18(11-13-7-5-4-6-8-13)16(20)15-10-9-14(17-15)12(2)19/h4-10,17H,3,11H2,1-2H3. The van der Waals surface area contributed by atoms with Gasteiger partial charge in [0.05, 0.1) is 5.69 Å². The molecule has 1 amide bonds. The number of H-pyrrole nitrogens is 1. The van der Waals surface area contributed by atoms with Gasteiger partial charge in [-0.15, -0.1) is 0 Å². The summed E-state index contributed by atoms with van der Waals surface area (Å²) in [5.41, 5.74) is 2.00. The Kier molecular flexibility index (Phi) is 4.35. The van der Waals surface area contributed by atoms with Gasteiger partial charge in [0.2, 0.25) is 0 Å². The van der Waals surface area contributed by atoms with E-state index in [1.807, 2.05) is 37.3 Å². The van der Waals surface area contributed by atoms with Crippen LogP contribution in [0.5, 0.6) is 0 Å². The van der Waals surface area contributed by atoms with Crippen molar-refractivity contribution in [3.05, 3.63) is 59.4 Å². The third-order valence-electron chi connectivity index (χ3n) is 3.18. The summed E-state index contributed by atoms with van der Waals surface area (Å²) in [6, 6.07) is 13.1. The van der Waals surface area contributed by atoms with Crippen molar-refractivity contribution in [2.75, 3.05) is 6.54 Å². The Bertz CT molecular complexity index is 602. The third kappa shape index (κ3) is 3.15. The summed E-state index contributed by atoms with van der Waals surface area (Å²) >= 11 is 0. The highest BCUT2D eigenvalue weighted by molar-refractivity contribution is 5.97. The van der Waals surface area contributed by atoms with E-state index in [9.17, 15) is 9.59 Å². The maximum atomic E-state index is 12.4. The zero-order valence-corrected chi connectivity index (χ0v) is 11.7. The lowest BCUT2D eigenvalue weighted by Gasteiger charge is -2.20. The molecule has 1 aromatic carbocycles. The summed E-state index contributed by atoms with van der Waals surface area (Å²) < 4.78 is 0. The van der Waals surface area contributed by atoms with Crippen molar-refractivity contribution in [2.45, 2.75) is 20.4 Å². The summed E-state index contributed by atoms with van der Waals surface area (Å²) in [7, 11) is 0. The monoisotopic (exact) mass is 270 g/mol. The van der Waals surface area contributed by atoms with Crippen LogP contribution in [0, 0.1) is 0 Å². The average molecular weight is 270 g/mol. The van der Waals surface area contributed by atoms with Crippen LogP contribution in [0.1, 0.15) is 40.4 Å².